The van der Waals surface area contributed by atoms with Crippen LogP contribution in [0.1, 0.15) is 23.1 Å². The van der Waals surface area contributed by atoms with Crippen molar-refractivity contribution in [1.29, 1.82) is 0 Å². The van der Waals surface area contributed by atoms with E-state index >= 15 is 0 Å². The molecule has 1 aliphatic heterocycles. The van der Waals surface area contributed by atoms with Crippen molar-refractivity contribution in [3.8, 4) is 11.6 Å². The molecule has 2 aromatic heterocycles. The first-order chi connectivity index (χ1) is 13.7. The fraction of sp³-hybridized carbons (Fsp3) is 0.350. The number of benzene rings is 1. The number of aryl methyl sites for hydroxylation is 1. The molecule has 9 heteroatoms. The lowest BCUT2D eigenvalue weighted by molar-refractivity contribution is -0.00834. The van der Waals surface area contributed by atoms with Crippen molar-refractivity contribution in [2.24, 2.45) is 4.99 Å². The Balaban J connectivity index is 0.00000240. The molecule has 0 aliphatic carbocycles. The molecule has 0 bridgehead atoms. The van der Waals surface area contributed by atoms with E-state index in [-0.39, 0.29) is 30.1 Å². The first kappa shape index (κ1) is 21.3. The maximum absolute atomic E-state index is 6.01. The van der Waals surface area contributed by atoms with Crippen LogP contribution in [0.5, 0.6) is 0 Å². The first-order valence-corrected chi connectivity index (χ1v) is 9.32. The van der Waals surface area contributed by atoms with Gasteiger partial charge in [-0.1, -0.05) is 24.3 Å². The molecule has 1 atom stereocenters. The second-order valence-corrected chi connectivity index (χ2v) is 6.65. The molecule has 3 aromatic rings. The molecule has 1 aliphatic rings. The van der Waals surface area contributed by atoms with Gasteiger partial charge in [0.2, 0.25) is 5.82 Å². The van der Waals surface area contributed by atoms with Crippen LogP contribution < -0.4 is 5.32 Å². The zero-order valence-electron chi connectivity index (χ0n) is 16.5. The van der Waals surface area contributed by atoms with Crippen LogP contribution in [0.2, 0.25) is 0 Å². The summed E-state index contributed by atoms with van der Waals surface area (Å²) in [6.45, 7) is 4.80. The third kappa shape index (κ3) is 4.96. The number of aromatic amines is 1. The number of aromatic nitrogens is 3. The van der Waals surface area contributed by atoms with Gasteiger partial charge in [0.15, 0.2) is 11.7 Å². The second-order valence-electron chi connectivity index (χ2n) is 6.65. The molecule has 4 rings (SSSR count). The molecular formula is C20H25IN6O2. The number of aliphatic imine (C=N–C) groups is 1. The van der Waals surface area contributed by atoms with Gasteiger partial charge in [0.05, 0.1) is 26.0 Å². The van der Waals surface area contributed by atoms with Crippen molar-refractivity contribution in [3.05, 3.63) is 59.6 Å². The Kier molecular flexibility index (Phi) is 7.26. The molecule has 0 spiro atoms. The Labute approximate surface area is 186 Å². The fourth-order valence-electron chi connectivity index (χ4n) is 3.36. The van der Waals surface area contributed by atoms with Gasteiger partial charge in [-0.3, -0.25) is 10.1 Å². The Morgan fingerprint density at radius 1 is 1.31 bits per heavy atom. The molecule has 2 N–H and O–H groups in total. The van der Waals surface area contributed by atoms with E-state index in [2.05, 4.69) is 55.5 Å². The van der Waals surface area contributed by atoms with Crippen LogP contribution in [0.3, 0.4) is 0 Å². The minimum Gasteiger partial charge on any atom is -0.461 e. The summed E-state index contributed by atoms with van der Waals surface area (Å²) in [5.41, 5.74) is 2.46. The average Bonchev–Trinajstić information content (AvgIpc) is 3.41. The maximum Gasteiger partial charge on any atom is 0.216 e. The van der Waals surface area contributed by atoms with Crippen molar-refractivity contribution in [1.82, 2.24) is 25.4 Å². The van der Waals surface area contributed by atoms with Crippen molar-refractivity contribution in [2.75, 3.05) is 26.7 Å². The smallest absolute Gasteiger partial charge is 0.216 e. The van der Waals surface area contributed by atoms with Gasteiger partial charge in [0, 0.05) is 13.6 Å². The zero-order chi connectivity index (χ0) is 19.3. The molecule has 3 heterocycles. The minimum absolute atomic E-state index is 0. The van der Waals surface area contributed by atoms with Crippen LogP contribution in [-0.2, 0) is 11.3 Å². The van der Waals surface area contributed by atoms with Gasteiger partial charge in [-0.25, -0.2) is 4.98 Å². The SMILES string of the molecule is CN=C(NCc1nc(-c2ccco2)n[nH]1)N1CCOC(c2ccccc2C)C1.I. The molecule has 8 nitrogen and oxygen atoms in total. The van der Waals surface area contributed by atoms with E-state index in [0.717, 1.165) is 24.9 Å². The van der Waals surface area contributed by atoms with Crippen molar-refractivity contribution < 1.29 is 9.15 Å². The van der Waals surface area contributed by atoms with Crippen molar-refractivity contribution in [3.63, 3.8) is 0 Å². The summed E-state index contributed by atoms with van der Waals surface area (Å²) in [5.74, 6) is 2.72. The second kappa shape index (κ2) is 9.88. The van der Waals surface area contributed by atoms with Crippen molar-refractivity contribution in [2.45, 2.75) is 19.6 Å². The van der Waals surface area contributed by atoms with E-state index in [1.807, 2.05) is 18.2 Å². The zero-order valence-corrected chi connectivity index (χ0v) is 18.8. The molecule has 0 saturated carbocycles. The summed E-state index contributed by atoms with van der Waals surface area (Å²) in [6, 6.07) is 12.0. The largest absolute Gasteiger partial charge is 0.461 e. The average molecular weight is 508 g/mol. The van der Waals surface area contributed by atoms with Gasteiger partial charge >= 0.3 is 0 Å². The molecular weight excluding hydrogens is 483 g/mol. The lowest BCUT2D eigenvalue weighted by atomic mass is 10.0. The number of H-pyrrole nitrogens is 1. The number of ether oxygens (including phenoxy) is 1. The molecule has 154 valence electrons. The summed E-state index contributed by atoms with van der Waals surface area (Å²) in [7, 11) is 1.79. The predicted molar refractivity (Wildman–Crippen MR) is 121 cm³/mol. The topological polar surface area (TPSA) is 91.6 Å². The summed E-state index contributed by atoms with van der Waals surface area (Å²) >= 11 is 0. The van der Waals surface area contributed by atoms with Crippen LogP contribution in [0, 0.1) is 6.92 Å². The number of guanidine groups is 1. The summed E-state index contributed by atoms with van der Waals surface area (Å²) in [5, 5.41) is 10.5. The summed E-state index contributed by atoms with van der Waals surface area (Å²) < 4.78 is 11.3. The van der Waals surface area contributed by atoms with Gasteiger partial charge in [0.1, 0.15) is 11.9 Å². The highest BCUT2D eigenvalue weighted by Gasteiger charge is 2.25. The molecule has 0 amide bonds. The molecule has 29 heavy (non-hydrogen) atoms. The van der Waals surface area contributed by atoms with E-state index in [1.165, 1.54) is 11.1 Å². The van der Waals surface area contributed by atoms with Gasteiger partial charge in [-0.15, -0.1) is 29.1 Å². The maximum atomic E-state index is 6.01. The standard InChI is InChI=1S/C20H24N6O2.HI/c1-14-6-3-4-7-15(14)17-13-26(9-11-28-17)20(21-2)22-12-18-23-19(25-24-18)16-8-5-10-27-16;/h3-8,10,17H,9,11-13H2,1-2H3,(H,21,22)(H,23,24,25);1H. The van der Waals surface area contributed by atoms with Gasteiger partial charge in [-0.05, 0) is 30.2 Å². The number of hydrogen-bond donors (Lipinski definition) is 2. The van der Waals surface area contributed by atoms with E-state index in [9.17, 15) is 0 Å². The Bertz CT molecular complexity index is 940. The third-order valence-electron chi connectivity index (χ3n) is 4.80. The van der Waals surface area contributed by atoms with Crippen LogP contribution in [0.25, 0.3) is 11.6 Å². The van der Waals surface area contributed by atoms with Gasteiger partial charge in [-0.2, -0.15) is 0 Å². The molecule has 1 unspecified atom stereocenters. The van der Waals surface area contributed by atoms with E-state index in [4.69, 9.17) is 9.15 Å². The van der Waals surface area contributed by atoms with Crippen LogP contribution in [0.4, 0.5) is 0 Å². The molecule has 1 fully saturated rings. The van der Waals surface area contributed by atoms with E-state index in [0.29, 0.717) is 24.7 Å². The van der Waals surface area contributed by atoms with Crippen LogP contribution >= 0.6 is 24.0 Å². The van der Waals surface area contributed by atoms with E-state index < -0.39 is 0 Å². The minimum atomic E-state index is 0. The molecule has 0 radical (unpaired) electrons. The number of nitrogens with zero attached hydrogens (tertiary/aromatic N) is 4. The molecule has 1 saturated heterocycles. The van der Waals surface area contributed by atoms with Gasteiger partial charge in [0.25, 0.3) is 0 Å². The summed E-state index contributed by atoms with van der Waals surface area (Å²) in [6.07, 6.45) is 1.64. The number of halogens is 1. The number of rotatable bonds is 4. The normalized spacial score (nSPS) is 17.1. The lowest BCUT2D eigenvalue weighted by Gasteiger charge is -2.35. The van der Waals surface area contributed by atoms with E-state index in [1.54, 1.807) is 13.3 Å². The fourth-order valence-corrected chi connectivity index (χ4v) is 3.36. The number of morpholine rings is 1. The number of nitrogens with one attached hydrogen (secondary N) is 2. The lowest BCUT2D eigenvalue weighted by Crippen LogP contribution is -2.48. The summed E-state index contributed by atoms with van der Waals surface area (Å²) in [4.78, 5) is 11.1. The van der Waals surface area contributed by atoms with Crippen molar-refractivity contribution >= 4 is 29.9 Å². The molecule has 1 aromatic carbocycles. The third-order valence-corrected chi connectivity index (χ3v) is 4.80. The quantitative estimate of drug-likeness (QED) is 0.320. The highest BCUT2D eigenvalue weighted by Crippen LogP contribution is 2.25. The van der Waals surface area contributed by atoms with Crippen LogP contribution in [-0.4, -0.2) is 52.8 Å². The highest BCUT2D eigenvalue weighted by molar-refractivity contribution is 14.0. The monoisotopic (exact) mass is 508 g/mol. The Morgan fingerprint density at radius 2 is 2.17 bits per heavy atom. The number of hydrogen-bond acceptors (Lipinski definition) is 5. The van der Waals surface area contributed by atoms with Crippen LogP contribution in [0.15, 0.2) is 52.1 Å². The predicted octanol–water partition coefficient (Wildman–Crippen LogP) is 3.14. The van der Waals surface area contributed by atoms with Gasteiger partial charge < -0.3 is 19.4 Å². The Morgan fingerprint density at radius 3 is 2.93 bits per heavy atom. The first-order valence-electron chi connectivity index (χ1n) is 9.32. The highest BCUT2D eigenvalue weighted by atomic mass is 127. The Hall–Kier alpha value is -2.40. The number of furan rings is 1.